The van der Waals surface area contributed by atoms with E-state index in [2.05, 4.69) is 15.3 Å². The van der Waals surface area contributed by atoms with Crippen LogP contribution < -0.4 is 24.2 Å². The first-order chi connectivity index (χ1) is 11.8. The van der Waals surface area contributed by atoms with Crippen molar-refractivity contribution in [3.8, 4) is 11.8 Å². The van der Waals surface area contributed by atoms with E-state index < -0.39 is 21.1 Å². The molecule has 0 aromatic carbocycles. The molecule has 2 rings (SSSR count). The Morgan fingerprint density at radius 3 is 2.40 bits per heavy atom. The van der Waals surface area contributed by atoms with Crippen LogP contribution in [0.3, 0.4) is 0 Å². The number of anilines is 1. The molecule has 25 heavy (non-hydrogen) atoms. The number of pyridine rings is 1. The molecule has 2 heterocycles. The van der Waals surface area contributed by atoms with Crippen LogP contribution in [0.1, 0.15) is 0 Å². The molecular weight excluding hydrogens is 378 g/mol. The summed E-state index contributed by atoms with van der Waals surface area (Å²) < 4.78 is 35.8. The van der Waals surface area contributed by atoms with Gasteiger partial charge in [0, 0.05) is 6.07 Å². The number of nitrogens with zero attached hydrogens (tertiary/aromatic N) is 3. The van der Waals surface area contributed by atoms with Crippen molar-refractivity contribution in [2.24, 2.45) is 0 Å². The number of ether oxygens (including phenoxy) is 2. The highest BCUT2D eigenvalue weighted by atomic mass is 35.5. The van der Waals surface area contributed by atoms with Crippen LogP contribution in [0.4, 0.5) is 10.7 Å². The summed E-state index contributed by atoms with van der Waals surface area (Å²) in [6, 6.07) is 2.59. The summed E-state index contributed by atoms with van der Waals surface area (Å²) >= 11 is 5.71. The molecule has 0 aliphatic carbocycles. The first-order valence-corrected chi connectivity index (χ1v) is 8.31. The Balaban J connectivity index is 2.23. The second-order valence-electron chi connectivity index (χ2n) is 4.32. The normalized spacial score (nSPS) is 10.8. The molecule has 2 aromatic heterocycles. The molecule has 2 N–H and O–H groups in total. The standard InChI is InChI=1S/C12H12ClN5O6S/c1-23-8-6-9(24-2)15-11(14-8)16-12(19)17-25(21,22)10-7(13)4-3-5-18(10)20/h3-6H,1-2H3,(H2,14,15,16,17,19). The molecule has 0 aliphatic heterocycles. The Kier molecular flexibility index (Phi) is 5.44. The molecular formula is C12H12ClN5O6S. The number of methoxy groups -OCH3 is 2. The maximum Gasteiger partial charge on any atom is 0.347 e. The molecule has 0 spiro atoms. The van der Waals surface area contributed by atoms with Crippen LogP contribution in [0, 0.1) is 5.21 Å². The molecule has 0 saturated heterocycles. The molecule has 0 radical (unpaired) electrons. The van der Waals surface area contributed by atoms with Gasteiger partial charge in [0.25, 0.3) is 0 Å². The van der Waals surface area contributed by atoms with Crippen molar-refractivity contribution >= 4 is 33.6 Å². The zero-order valence-electron chi connectivity index (χ0n) is 12.9. The van der Waals surface area contributed by atoms with Crippen LogP contribution >= 0.6 is 11.6 Å². The average molecular weight is 390 g/mol. The van der Waals surface area contributed by atoms with Crippen molar-refractivity contribution in [2.75, 3.05) is 19.5 Å². The van der Waals surface area contributed by atoms with E-state index >= 15 is 0 Å². The number of rotatable bonds is 5. The number of nitrogens with one attached hydrogen (secondary N) is 2. The summed E-state index contributed by atoms with van der Waals surface area (Å²) in [5.74, 6) is -0.125. The van der Waals surface area contributed by atoms with Gasteiger partial charge in [-0.15, -0.1) is 0 Å². The lowest BCUT2D eigenvalue weighted by atomic mass is 10.5. The molecule has 0 atom stereocenters. The molecule has 2 aromatic rings. The highest BCUT2D eigenvalue weighted by Gasteiger charge is 2.30. The van der Waals surface area contributed by atoms with Crippen LogP contribution in [0.15, 0.2) is 29.4 Å². The molecule has 0 unspecified atom stereocenters. The van der Waals surface area contributed by atoms with Crippen molar-refractivity contribution in [2.45, 2.75) is 5.03 Å². The minimum Gasteiger partial charge on any atom is -0.618 e. The highest BCUT2D eigenvalue weighted by molar-refractivity contribution is 7.90. The van der Waals surface area contributed by atoms with Crippen LogP contribution in [-0.2, 0) is 10.0 Å². The monoisotopic (exact) mass is 389 g/mol. The molecule has 2 amide bonds. The van der Waals surface area contributed by atoms with Gasteiger partial charge in [0.2, 0.25) is 17.7 Å². The number of carbonyl (C=O) groups excluding carboxylic acids is 1. The van der Waals surface area contributed by atoms with Crippen molar-refractivity contribution in [1.82, 2.24) is 14.7 Å². The fourth-order valence-corrected chi connectivity index (χ4v) is 3.14. The zero-order valence-corrected chi connectivity index (χ0v) is 14.5. The van der Waals surface area contributed by atoms with Gasteiger partial charge in [0.1, 0.15) is 5.02 Å². The second-order valence-corrected chi connectivity index (χ2v) is 6.33. The van der Waals surface area contributed by atoms with Gasteiger partial charge >= 0.3 is 21.1 Å². The van der Waals surface area contributed by atoms with Gasteiger partial charge in [0.05, 0.1) is 20.3 Å². The number of halogens is 1. The highest BCUT2D eigenvalue weighted by Crippen LogP contribution is 2.18. The lowest BCUT2D eigenvalue weighted by Gasteiger charge is -2.10. The van der Waals surface area contributed by atoms with Crippen molar-refractivity contribution in [3.63, 3.8) is 0 Å². The lowest BCUT2D eigenvalue weighted by molar-refractivity contribution is -0.646. The van der Waals surface area contributed by atoms with Crippen molar-refractivity contribution < 1.29 is 27.4 Å². The van der Waals surface area contributed by atoms with E-state index in [1.807, 2.05) is 0 Å². The molecule has 0 bridgehead atoms. The van der Waals surface area contributed by atoms with E-state index in [9.17, 15) is 18.4 Å². The quantitative estimate of drug-likeness (QED) is 0.548. The number of amides is 2. The summed E-state index contributed by atoms with van der Waals surface area (Å²) in [7, 11) is -1.87. The Morgan fingerprint density at radius 1 is 1.28 bits per heavy atom. The summed E-state index contributed by atoms with van der Waals surface area (Å²) in [4.78, 5) is 19.5. The fourth-order valence-electron chi connectivity index (χ4n) is 1.66. The Bertz CT molecular complexity index is 864. The second kappa shape index (κ2) is 7.36. The van der Waals surface area contributed by atoms with Gasteiger partial charge in [-0.1, -0.05) is 11.6 Å². The number of hydrogen-bond donors (Lipinski definition) is 2. The maximum absolute atomic E-state index is 12.2. The van der Waals surface area contributed by atoms with E-state index in [1.54, 1.807) is 4.72 Å². The Labute approximate surface area is 147 Å². The Hall–Kier alpha value is -2.86. The number of carbonyl (C=O) groups is 1. The SMILES string of the molecule is COc1cc(OC)nc(NC(=O)NS(=O)(=O)c2c(Cl)ccc[n+]2[O-])n1. The summed E-state index contributed by atoms with van der Waals surface area (Å²) in [5, 5.41) is 12.5. The molecule has 0 fully saturated rings. The van der Waals surface area contributed by atoms with Gasteiger partial charge in [-0.25, -0.2) is 9.52 Å². The van der Waals surface area contributed by atoms with Crippen molar-refractivity contribution in [1.29, 1.82) is 0 Å². The maximum atomic E-state index is 12.2. The molecule has 11 nitrogen and oxygen atoms in total. The first kappa shape index (κ1) is 18.5. The zero-order chi connectivity index (χ0) is 18.6. The van der Waals surface area contributed by atoms with E-state index in [0.29, 0.717) is 0 Å². The van der Waals surface area contributed by atoms with E-state index in [0.717, 1.165) is 6.20 Å². The van der Waals surface area contributed by atoms with Crippen molar-refractivity contribution in [3.05, 3.63) is 34.6 Å². The van der Waals surface area contributed by atoms with Crippen LogP contribution in [-0.4, -0.2) is 38.6 Å². The average Bonchev–Trinajstić information content (AvgIpc) is 2.53. The fraction of sp³-hybridized carbons (Fsp3) is 0.167. The molecule has 13 heteroatoms. The number of sulfonamides is 1. The van der Waals surface area contributed by atoms with E-state index in [1.165, 1.54) is 32.4 Å². The smallest absolute Gasteiger partial charge is 0.347 e. The molecule has 134 valence electrons. The predicted octanol–water partition coefficient (Wildman–Crippen LogP) is 0.291. The summed E-state index contributed by atoms with van der Waals surface area (Å²) in [6.07, 6.45) is 0.925. The van der Waals surface area contributed by atoms with Gasteiger partial charge < -0.3 is 14.7 Å². The molecule has 0 saturated carbocycles. The summed E-state index contributed by atoms with van der Waals surface area (Å²) in [5.41, 5.74) is 0. The van der Waals surface area contributed by atoms with E-state index in [4.69, 9.17) is 21.1 Å². The van der Waals surface area contributed by atoms with Gasteiger partial charge in [-0.05, 0) is 6.07 Å². The van der Waals surface area contributed by atoms with Crippen LogP contribution in [0.5, 0.6) is 11.8 Å². The third-order valence-corrected chi connectivity index (χ3v) is 4.45. The minimum absolute atomic E-state index is 0.0169. The third-order valence-electron chi connectivity index (χ3n) is 2.67. The minimum atomic E-state index is -4.53. The largest absolute Gasteiger partial charge is 0.618 e. The first-order valence-electron chi connectivity index (χ1n) is 6.45. The number of aromatic nitrogens is 3. The van der Waals surface area contributed by atoms with Crippen LogP contribution in [0.2, 0.25) is 5.02 Å². The topological polar surface area (TPSA) is 146 Å². The number of hydrogen-bond acceptors (Lipinski definition) is 8. The predicted molar refractivity (Wildman–Crippen MR) is 84.9 cm³/mol. The third kappa shape index (κ3) is 4.36. The number of urea groups is 1. The summed E-state index contributed by atoms with van der Waals surface area (Å²) in [6.45, 7) is 0. The van der Waals surface area contributed by atoms with Gasteiger partial charge in [-0.2, -0.15) is 23.1 Å². The van der Waals surface area contributed by atoms with E-state index in [-0.39, 0.29) is 27.5 Å². The van der Waals surface area contributed by atoms with Crippen LogP contribution in [0.25, 0.3) is 0 Å². The molecule has 0 aliphatic rings. The van der Waals surface area contributed by atoms with Gasteiger partial charge in [0.15, 0.2) is 6.20 Å². The Morgan fingerprint density at radius 2 is 1.88 bits per heavy atom. The lowest BCUT2D eigenvalue weighted by Crippen LogP contribution is -2.42. The van der Waals surface area contributed by atoms with Gasteiger partial charge in [-0.3, -0.25) is 5.32 Å².